The Morgan fingerprint density at radius 1 is 1.06 bits per heavy atom. The van der Waals surface area contributed by atoms with Crippen LogP contribution in [-0.2, 0) is 17.8 Å². The summed E-state index contributed by atoms with van der Waals surface area (Å²) in [7, 11) is 1.77. The Balaban J connectivity index is 1.52. The minimum absolute atomic E-state index is 0.0118. The Morgan fingerprint density at radius 3 is 2.52 bits per heavy atom. The van der Waals surface area contributed by atoms with Crippen LogP contribution in [0.5, 0.6) is 0 Å². The molecule has 2 amide bonds. The molecule has 156 valence electrons. The number of amides is 2. The molecule has 1 aliphatic rings. The molecule has 0 bridgehead atoms. The molecule has 0 atom stereocenters. The van der Waals surface area contributed by atoms with Crippen molar-refractivity contribution in [2.45, 2.75) is 17.9 Å². The van der Waals surface area contributed by atoms with Crippen molar-refractivity contribution >= 4 is 35.3 Å². The van der Waals surface area contributed by atoms with Crippen LogP contribution in [-0.4, -0.2) is 25.1 Å². The lowest BCUT2D eigenvalue weighted by Crippen LogP contribution is -2.33. The van der Waals surface area contributed by atoms with Crippen molar-refractivity contribution in [1.82, 2.24) is 5.32 Å². The smallest absolute Gasteiger partial charge is 0.254 e. The number of carbonyl (C=O) groups excluding carboxylic acids is 2. The van der Waals surface area contributed by atoms with Crippen molar-refractivity contribution in [3.05, 3.63) is 101 Å². The average Bonchev–Trinajstić information content (AvgIpc) is 2.81. The van der Waals surface area contributed by atoms with Gasteiger partial charge in [-0.05, 0) is 59.4 Å². The van der Waals surface area contributed by atoms with Gasteiger partial charge in [-0.1, -0.05) is 42.5 Å². The summed E-state index contributed by atoms with van der Waals surface area (Å²) in [4.78, 5) is 28.4. The van der Waals surface area contributed by atoms with Crippen LogP contribution in [0.1, 0.15) is 27.0 Å². The highest BCUT2D eigenvalue weighted by Crippen LogP contribution is 2.31. The van der Waals surface area contributed by atoms with Crippen LogP contribution >= 0.6 is 11.8 Å². The number of hydrogen-bond donors (Lipinski definition) is 1. The van der Waals surface area contributed by atoms with Crippen LogP contribution in [0.15, 0.2) is 83.3 Å². The number of benzene rings is 3. The van der Waals surface area contributed by atoms with Crippen LogP contribution in [0.2, 0.25) is 0 Å². The van der Waals surface area contributed by atoms with E-state index in [0.717, 1.165) is 22.4 Å². The number of nitrogens with one attached hydrogen (secondary N) is 1. The fraction of sp³-hybridized carbons (Fsp3) is 0.154. The van der Waals surface area contributed by atoms with Crippen LogP contribution in [0.3, 0.4) is 0 Å². The first-order chi connectivity index (χ1) is 15.0. The normalized spacial score (nSPS) is 14.5. The van der Waals surface area contributed by atoms with Gasteiger partial charge >= 0.3 is 0 Å². The van der Waals surface area contributed by atoms with Crippen LogP contribution in [0.25, 0.3) is 6.08 Å². The number of carbonyl (C=O) groups is 2. The second-order valence-electron chi connectivity index (χ2n) is 7.50. The van der Waals surface area contributed by atoms with E-state index in [4.69, 9.17) is 0 Å². The molecule has 0 unspecified atom stereocenters. The van der Waals surface area contributed by atoms with Gasteiger partial charge in [-0.2, -0.15) is 0 Å². The first-order valence-electron chi connectivity index (χ1n) is 10.1. The topological polar surface area (TPSA) is 49.4 Å². The molecule has 0 aromatic heterocycles. The third-order valence-electron chi connectivity index (χ3n) is 5.42. The molecule has 1 N–H and O–H groups in total. The summed E-state index contributed by atoms with van der Waals surface area (Å²) in [5.74, 6) is -0.132. The van der Waals surface area contributed by atoms with E-state index in [2.05, 4.69) is 17.4 Å². The Bertz CT molecular complexity index is 1140. The van der Waals surface area contributed by atoms with Gasteiger partial charge in [0.1, 0.15) is 0 Å². The summed E-state index contributed by atoms with van der Waals surface area (Å²) in [6, 6.07) is 23.5. The third-order valence-corrected chi connectivity index (χ3v) is 6.16. The van der Waals surface area contributed by atoms with E-state index in [0.29, 0.717) is 24.1 Å². The minimum Gasteiger partial charge on any atom is -0.348 e. The summed E-state index contributed by atoms with van der Waals surface area (Å²) in [6.45, 7) is 0.474. The van der Waals surface area contributed by atoms with Gasteiger partial charge in [0.25, 0.3) is 11.8 Å². The van der Waals surface area contributed by atoms with Crippen molar-refractivity contribution in [2.24, 2.45) is 0 Å². The molecule has 31 heavy (non-hydrogen) atoms. The zero-order valence-electron chi connectivity index (χ0n) is 17.6. The van der Waals surface area contributed by atoms with Crippen LogP contribution < -0.4 is 10.2 Å². The molecule has 1 heterocycles. The standard InChI is InChI=1S/C26H24N2O2S/c1-28-24-13-10-20(25(29)27-17-19-8-11-23(31-2)12-9-19)15-21(24)16-22(26(28)30)14-18-6-4-3-5-7-18/h3-15H,16-17H2,1-2H3,(H,27,29). The van der Waals surface area contributed by atoms with Crippen molar-refractivity contribution in [1.29, 1.82) is 0 Å². The maximum absolute atomic E-state index is 12.8. The van der Waals surface area contributed by atoms with Gasteiger partial charge in [-0.3, -0.25) is 9.59 Å². The van der Waals surface area contributed by atoms with E-state index in [1.54, 1.807) is 29.8 Å². The molecule has 0 radical (unpaired) electrons. The Hall–Kier alpha value is -3.31. The minimum atomic E-state index is -0.120. The van der Waals surface area contributed by atoms with Gasteiger partial charge in [0, 0.05) is 41.7 Å². The predicted octanol–water partition coefficient (Wildman–Crippen LogP) is 4.94. The highest BCUT2D eigenvalue weighted by Gasteiger charge is 2.26. The maximum atomic E-state index is 12.8. The highest BCUT2D eigenvalue weighted by atomic mass is 32.2. The van der Waals surface area contributed by atoms with Gasteiger partial charge in [0.05, 0.1) is 0 Å². The molecule has 1 aliphatic heterocycles. The maximum Gasteiger partial charge on any atom is 0.254 e. The van der Waals surface area contributed by atoms with Crippen molar-refractivity contribution in [2.75, 3.05) is 18.2 Å². The quantitative estimate of drug-likeness (QED) is 0.463. The Morgan fingerprint density at radius 2 is 1.81 bits per heavy atom. The highest BCUT2D eigenvalue weighted by molar-refractivity contribution is 7.98. The van der Waals surface area contributed by atoms with E-state index in [-0.39, 0.29) is 11.8 Å². The fourth-order valence-corrected chi connectivity index (χ4v) is 4.10. The third kappa shape index (κ3) is 4.72. The molecule has 3 aromatic carbocycles. The van der Waals surface area contributed by atoms with Crippen LogP contribution in [0, 0.1) is 0 Å². The number of fused-ring (bicyclic) bond motifs is 1. The summed E-state index contributed by atoms with van der Waals surface area (Å²) in [6.07, 6.45) is 4.47. The lowest BCUT2D eigenvalue weighted by molar-refractivity contribution is -0.115. The van der Waals surface area contributed by atoms with Gasteiger partial charge < -0.3 is 10.2 Å². The van der Waals surface area contributed by atoms with E-state index in [1.807, 2.05) is 66.9 Å². The van der Waals surface area contributed by atoms with Gasteiger partial charge in [-0.15, -0.1) is 11.8 Å². The summed E-state index contributed by atoms with van der Waals surface area (Å²) < 4.78 is 0. The van der Waals surface area contributed by atoms with Crippen molar-refractivity contribution in [3.63, 3.8) is 0 Å². The van der Waals surface area contributed by atoms with Crippen molar-refractivity contribution in [3.8, 4) is 0 Å². The fourth-order valence-electron chi connectivity index (χ4n) is 3.69. The van der Waals surface area contributed by atoms with Gasteiger partial charge in [0.2, 0.25) is 0 Å². The second-order valence-corrected chi connectivity index (χ2v) is 8.38. The van der Waals surface area contributed by atoms with Gasteiger partial charge in [0.15, 0.2) is 0 Å². The first kappa shape index (κ1) is 20.9. The SMILES string of the molecule is CSc1ccc(CNC(=O)c2ccc3c(c2)CC(=Cc2ccccc2)C(=O)N3C)cc1. The molecule has 4 rings (SSSR count). The van der Waals surface area contributed by atoms with Crippen LogP contribution in [0.4, 0.5) is 5.69 Å². The molecule has 3 aromatic rings. The molecule has 5 heteroatoms. The monoisotopic (exact) mass is 428 g/mol. The Labute approximate surface area is 187 Å². The first-order valence-corrected chi connectivity index (χ1v) is 11.4. The van der Waals surface area contributed by atoms with Crippen molar-refractivity contribution < 1.29 is 9.59 Å². The average molecular weight is 429 g/mol. The molecule has 0 fully saturated rings. The molecular weight excluding hydrogens is 404 g/mol. The van der Waals surface area contributed by atoms with E-state index >= 15 is 0 Å². The van der Waals surface area contributed by atoms with E-state index in [9.17, 15) is 9.59 Å². The number of anilines is 1. The Kier molecular flexibility index (Phi) is 6.23. The lowest BCUT2D eigenvalue weighted by Gasteiger charge is -2.28. The molecule has 4 nitrogen and oxygen atoms in total. The predicted molar refractivity (Wildman–Crippen MR) is 127 cm³/mol. The molecule has 0 saturated heterocycles. The molecule has 0 saturated carbocycles. The number of likely N-dealkylation sites (N-methyl/N-ethyl adjacent to an activating group) is 1. The van der Waals surface area contributed by atoms with E-state index < -0.39 is 0 Å². The van der Waals surface area contributed by atoms with E-state index in [1.165, 1.54) is 4.90 Å². The number of rotatable bonds is 5. The molecular formula is C26H24N2O2S. The molecule has 0 spiro atoms. The second kappa shape index (κ2) is 9.23. The summed E-state index contributed by atoms with van der Waals surface area (Å²) in [5, 5.41) is 2.99. The summed E-state index contributed by atoms with van der Waals surface area (Å²) in [5.41, 5.74) is 5.18. The number of nitrogens with zero attached hydrogens (tertiary/aromatic N) is 1. The zero-order valence-corrected chi connectivity index (χ0v) is 18.4. The number of hydrogen-bond acceptors (Lipinski definition) is 3. The largest absolute Gasteiger partial charge is 0.348 e. The lowest BCUT2D eigenvalue weighted by atomic mass is 9.94. The van der Waals surface area contributed by atoms with Gasteiger partial charge in [-0.25, -0.2) is 0 Å². The molecule has 0 aliphatic carbocycles. The zero-order chi connectivity index (χ0) is 21.8. The number of thioether (sulfide) groups is 1. The summed E-state index contributed by atoms with van der Waals surface area (Å²) >= 11 is 1.69.